The van der Waals surface area contributed by atoms with Gasteiger partial charge in [-0.2, -0.15) is 9.97 Å². The zero-order chi connectivity index (χ0) is 15.7. The third-order valence-corrected chi connectivity index (χ3v) is 3.93. The number of carboxylic acids is 1. The van der Waals surface area contributed by atoms with Crippen LogP contribution < -0.4 is 4.90 Å². The van der Waals surface area contributed by atoms with Crippen LogP contribution >= 0.6 is 22.9 Å². The molecule has 0 spiro atoms. The van der Waals surface area contributed by atoms with Gasteiger partial charge in [0.25, 0.3) is 0 Å². The summed E-state index contributed by atoms with van der Waals surface area (Å²) < 4.78 is 1.53. The van der Waals surface area contributed by atoms with Crippen molar-refractivity contribution in [2.75, 3.05) is 11.9 Å². The number of carbonyl (C=O) groups is 1. The lowest BCUT2D eigenvalue weighted by atomic mass is 10.3. The SMILES string of the molecule is CN(Cc1cscn1)c1nc(Cl)nc2c1ccn2CC(=O)O. The van der Waals surface area contributed by atoms with E-state index in [2.05, 4.69) is 15.0 Å². The molecule has 3 heterocycles. The zero-order valence-corrected chi connectivity index (χ0v) is 13.2. The topological polar surface area (TPSA) is 84.1 Å². The number of nitrogens with zero attached hydrogens (tertiary/aromatic N) is 5. The molecule has 0 bridgehead atoms. The molecule has 7 nitrogen and oxygen atoms in total. The Morgan fingerprint density at radius 1 is 1.50 bits per heavy atom. The molecule has 9 heteroatoms. The van der Waals surface area contributed by atoms with Crippen molar-refractivity contribution in [3.63, 3.8) is 0 Å². The Hall–Kier alpha value is -2.19. The van der Waals surface area contributed by atoms with E-state index in [-0.39, 0.29) is 11.8 Å². The number of thiazole rings is 1. The van der Waals surface area contributed by atoms with E-state index in [0.717, 1.165) is 11.1 Å². The highest BCUT2D eigenvalue weighted by molar-refractivity contribution is 7.07. The van der Waals surface area contributed by atoms with E-state index < -0.39 is 5.97 Å². The van der Waals surface area contributed by atoms with Gasteiger partial charge in [-0.25, -0.2) is 4.98 Å². The molecule has 0 unspecified atom stereocenters. The third kappa shape index (κ3) is 2.88. The minimum atomic E-state index is -0.940. The van der Waals surface area contributed by atoms with Crippen molar-refractivity contribution >= 4 is 45.8 Å². The van der Waals surface area contributed by atoms with E-state index >= 15 is 0 Å². The summed E-state index contributed by atoms with van der Waals surface area (Å²) in [5, 5.41) is 11.7. The van der Waals surface area contributed by atoms with Gasteiger partial charge in [0, 0.05) is 18.6 Å². The van der Waals surface area contributed by atoms with Crippen LogP contribution in [0.1, 0.15) is 5.69 Å². The number of hydrogen-bond acceptors (Lipinski definition) is 6. The summed E-state index contributed by atoms with van der Waals surface area (Å²) in [4.78, 5) is 25.5. The van der Waals surface area contributed by atoms with Gasteiger partial charge in [0.1, 0.15) is 18.0 Å². The average Bonchev–Trinajstić information content (AvgIpc) is 3.08. The molecule has 3 aromatic heterocycles. The van der Waals surface area contributed by atoms with Crippen LogP contribution in [-0.2, 0) is 17.9 Å². The molecule has 0 aliphatic carbocycles. The van der Waals surface area contributed by atoms with Gasteiger partial charge in [-0.15, -0.1) is 11.3 Å². The van der Waals surface area contributed by atoms with Crippen molar-refractivity contribution in [1.29, 1.82) is 0 Å². The van der Waals surface area contributed by atoms with E-state index in [1.165, 1.54) is 15.9 Å². The molecule has 3 rings (SSSR count). The lowest BCUT2D eigenvalue weighted by molar-refractivity contribution is -0.137. The molecule has 0 atom stereocenters. The van der Waals surface area contributed by atoms with Gasteiger partial charge in [0.2, 0.25) is 5.28 Å². The molecule has 3 aromatic rings. The van der Waals surface area contributed by atoms with Crippen LogP contribution in [0.3, 0.4) is 0 Å². The maximum absolute atomic E-state index is 10.9. The number of carboxylic acid groups (broad SMARTS) is 1. The molecule has 1 N–H and O–H groups in total. The second-order valence-electron chi connectivity index (χ2n) is 4.73. The normalized spacial score (nSPS) is 11.0. The molecule has 0 saturated heterocycles. The Morgan fingerprint density at radius 2 is 2.32 bits per heavy atom. The van der Waals surface area contributed by atoms with Crippen LogP contribution in [0.4, 0.5) is 5.82 Å². The summed E-state index contributed by atoms with van der Waals surface area (Å²) >= 11 is 7.52. The summed E-state index contributed by atoms with van der Waals surface area (Å²) in [6.45, 7) is 0.405. The number of anilines is 1. The van der Waals surface area contributed by atoms with Gasteiger partial charge in [-0.1, -0.05) is 0 Å². The minimum absolute atomic E-state index is 0.0815. The summed E-state index contributed by atoms with van der Waals surface area (Å²) in [6, 6.07) is 1.79. The highest BCUT2D eigenvalue weighted by Crippen LogP contribution is 2.26. The second-order valence-corrected chi connectivity index (χ2v) is 5.78. The highest BCUT2D eigenvalue weighted by atomic mass is 35.5. The predicted octanol–water partition coefficient (Wildman–Crippen LogP) is 2.26. The molecule has 0 fully saturated rings. The largest absolute Gasteiger partial charge is 0.480 e. The summed E-state index contributed by atoms with van der Waals surface area (Å²) in [6.07, 6.45) is 1.67. The van der Waals surface area contributed by atoms with Crippen molar-refractivity contribution in [3.8, 4) is 0 Å². The molecule has 22 heavy (non-hydrogen) atoms. The lowest BCUT2D eigenvalue weighted by Crippen LogP contribution is -2.18. The van der Waals surface area contributed by atoms with Gasteiger partial charge < -0.3 is 14.6 Å². The summed E-state index contributed by atoms with van der Waals surface area (Å²) in [7, 11) is 1.88. The van der Waals surface area contributed by atoms with Gasteiger partial charge in [-0.3, -0.25) is 4.79 Å². The quantitative estimate of drug-likeness (QED) is 0.719. The first-order chi connectivity index (χ1) is 10.5. The Morgan fingerprint density at radius 3 is 3.00 bits per heavy atom. The van der Waals surface area contributed by atoms with Crippen LogP contribution in [-0.4, -0.2) is 37.6 Å². The van der Waals surface area contributed by atoms with Gasteiger partial charge in [-0.05, 0) is 17.7 Å². The van der Waals surface area contributed by atoms with Crippen LogP contribution in [0.2, 0.25) is 5.28 Å². The third-order valence-electron chi connectivity index (χ3n) is 3.12. The standard InChI is InChI=1S/C13H12ClN5O2S/c1-18(4-8-6-22-7-15-8)11-9-2-3-19(5-10(20)21)12(9)17-13(14)16-11/h2-3,6-7H,4-5H2,1H3,(H,20,21). The molecular formula is C13H12ClN5O2S. The van der Waals surface area contributed by atoms with Crippen LogP contribution in [0.5, 0.6) is 0 Å². The monoisotopic (exact) mass is 337 g/mol. The Labute approximate surface area is 134 Å². The number of hydrogen-bond donors (Lipinski definition) is 1. The number of aliphatic carboxylic acids is 1. The van der Waals surface area contributed by atoms with E-state index in [0.29, 0.717) is 18.0 Å². The van der Waals surface area contributed by atoms with Crippen LogP contribution in [0.15, 0.2) is 23.2 Å². The first kappa shape index (κ1) is 14.7. The predicted molar refractivity (Wildman–Crippen MR) is 84.4 cm³/mol. The molecule has 0 aliphatic heterocycles. The second kappa shape index (κ2) is 5.90. The number of halogens is 1. The summed E-state index contributed by atoms with van der Waals surface area (Å²) in [5.41, 5.74) is 3.21. The fourth-order valence-electron chi connectivity index (χ4n) is 2.22. The number of fused-ring (bicyclic) bond motifs is 1. The summed E-state index contributed by atoms with van der Waals surface area (Å²) in [5.74, 6) is -0.295. The molecule has 0 aliphatic rings. The fraction of sp³-hybridized carbons (Fsp3) is 0.231. The molecule has 0 saturated carbocycles. The first-order valence-corrected chi connectivity index (χ1v) is 7.69. The molecule has 114 valence electrons. The Bertz CT molecular complexity index is 817. The van der Waals surface area contributed by atoms with Crippen LogP contribution in [0, 0.1) is 0 Å². The van der Waals surface area contributed by atoms with Gasteiger partial charge in [0.05, 0.1) is 23.1 Å². The van der Waals surface area contributed by atoms with E-state index in [1.807, 2.05) is 17.3 Å². The van der Waals surface area contributed by atoms with Crippen LogP contribution in [0.25, 0.3) is 11.0 Å². The average molecular weight is 338 g/mol. The van der Waals surface area contributed by atoms with E-state index in [4.69, 9.17) is 16.7 Å². The minimum Gasteiger partial charge on any atom is -0.480 e. The number of rotatable bonds is 5. The first-order valence-electron chi connectivity index (χ1n) is 6.37. The maximum atomic E-state index is 10.9. The lowest BCUT2D eigenvalue weighted by Gasteiger charge is -2.18. The fourth-order valence-corrected chi connectivity index (χ4v) is 2.93. The molecular weight excluding hydrogens is 326 g/mol. The molecule has 0 aromatic carbocycles. The number of aromatic nitrogens is 4. The van der Waals surface area contributed by atoms with Gasteiger partial charge >= 0.3 is 5.97 Å². The van der Waals surface area contributed by atoms with Crippen molar-refractivity contribution in [3.05, 3.63) is 34.1 Å². The smallest absolute Gasteiger partial charge is 0.323 e. The maximum Gasteiger partial charge on any atom is 0.323 e. The van der Waals surface area contributed by atoms with Crippen molar-refractivity contribution in [2.24, 2.45) is 0 Å². The molecule has 0 amide bonds. The van der Waals surface area contributed by atoms with E-state index in [9.17, 15) is 4.79 Å². The Kier molecular flexibility index (Phi) is 3.95. The Balaban J connectivity index is 2.01. The van der Waals surface area contributed by atoms with E-state index in [1.54, 1.807) is 17.8 Å². The highest BCUT2D eigenvalue weighted by Gasteiger charge is 2.16. The van der Waals surface area contributed by atoms with Gasteiger partial charge in [0.15, 0.2) is 0 Å². The van der Waals surface area contributed by atoms with Crippen molar-refractivity contribution < 1.29 is 9.90 Å². The van der Waals surface area contributed by atoms with Crippen molar-refractivity contribution in [1.82, 2.24) is 19.5 Å². The molecule has 0 radical (unpaired) electrons. The zero-order valence-electron chi connectivity index (χ0n) is 11.6. The van der Waals surface area contributed by atoms with Crippen molar-refractivity contribution in [2.45, 2.75) is 13.1 Å².